The predicted octanol–water partition coefficient (Wildman–Crippen LogP) is 1.24. The summed E-state index contributed by atoms with van der Waals surface area (Å²) in [5, 5.41) is 0. The quantitative estimate of drug-likeness (QED) is 0.887. The molecule has 0 saturated carbocycles. The van der Waals surface area contributed by atoms with E-state index in [0.717, 1.165) is 0 Å². The Bertz CT molecular complexity index is 464. The van der Waals surface area contributed by atoms with Crippen molar-refractivity contribution in [3.8, 4) is 11.5 Å². The van der Waals surface area contributed by atoms with Gasteiger partial charge in [-0.3, -0.25) is 4.90 Å². The van der Waals surface area contributed by atoms with E-state index < -0.39 is 0 Å². The maximum Gasteiger partial charge on any atom is 0.414 e. The number of benzene rings is 1. The Hall–Kier alpha value is -1.95. The van der Waals surface area contributed by atoms with E-state index in [0.29, 0.717) is 36.9 Å². The zero-order valence-corrected chi connectivity index (χ0v) is 11.1. The SMILES string of the molecule is COc1ccc(N2CC(CN)COC2=O)c(OC)c1. The van der Waals surface area contributed by atoms with Crippen molar-refractivity contribution < 1.29 is 19.0 Å². The van der Waals surface area contributed by atoms with Gasteiger partial charge < -0.3 is 19.9 Å². The van der Waals surface area contributed by atoms with Crippen LogP contribution in [0.1, 0.15) is 0 Å². The smallest absolute Gasteiger partial charge is 0.414 e. The Morgan fingerprint density at radius 3 is 2.84 bits per heavy atom. The Morgan fingerprint density at radius 1 is 1.42 bits per heavy atom. The number of amides is 1. The predicted molar refractivity (Wildman–Crippen MR) is 70.8 cm³/mol. The van der Waals surface area contributed by atoms with Crippen molar-refractivity contribution in [3.05, 3.63) is 18.2 Å². The van der Waals surface area contributed by atoms with Crippen LogP contribution in [0.2, 0.25) is 0 Å². The van der Waals surface area contributed by atoms with Crippen LogP contribution in [0.15, 0.2) is 18.2 Å². The van der Waals surface area contributed by atoms with Gasteiger partial charge in [0.15, 0.2) is 0 Å². The molecule has 1 aliphatic rings. The molecule has 19 heavy (non-hydrogen) atoms. The van der Waals surface area contributed by atoms with E-state index in [9.17, 15) is 4.79 Å². The van der Waals surface area contributed by atoms with Gasteiger partial charge >= 0.3 is 6.09 Å². The van der Waals surface area contributed by atoms with Crippen molar-refractivity contribution in [1.82, 2.24) is 0 Å². The first-order chi connectivity index (χ1) is 9.19. The summed E-state index contributed by atoms with van der Waals surface area (Å²) in [5.74, 6) is 1.36. The van der Waals surface area contributed by atoms with Crippen LogP contribution in [0.25, 0.3) is 0 Å². The average Bonchev–Trinajstić information content (AvgIpc) is 2.47. The summed E-state index contributed by atoms with van der Waals surface area (Å²) in [5.41, 5.74) is 6.29. The van der Waals surface area contributed by atoms with Gasteiger partial charge in [0.05, 0.1) is 26.5 Å². The summed E-state index contributed by atoms with van der Waals surface area (Å²) < 4.78 is 15.6. The Labute approximate surface area is 112 Å². The van der Waals surface area contributed by atoms with Gasteiger partial charge in [-0.25, -0.2) is 4.79 Å². The number of cyclic esters (lactones) is 1. The third kappa shape index (κ3) is 2.73. The highest BCUT2D eigenvalue weighted by atomic mass is 16.6. The molecule has 1 aliphatic heterocycles. The average molecular weight is 266 g/mol. The fraction of sp³-hybridized carbons (Fsp3) is 0.462. The summed E-state index contributed by atoms with van der Waals surface area (Å²) >= 11 is 0. The van der Waals surface area contributed by atoms with Crippen molar-refractivity contribution in [2.75, 3.05) is 38.8 Å². The molecule has 1 aromatic carbocycles. The molecule has 1 atom stereocenters. The van der Waals surface area contributed by atoms with Crippen molar-refractivity contribution in [2.24, 2.45) is 11.7 Å². The molecule has 1 fully saturated rings. The van der Waals surface area contributed by atoms with E-state index in [-0.39, 0.29) is 12.0 Å². The molecular formula is C13H18N2O4. The molecule has 104 valence electrons. The van der Waals surface area contributed by atoms with Gasteiger partial charge in [0, 0.05) is 25.1 Å². The van der Waals surface area contributed by atoms with Gasteiger partial charge in [-0.2, -0.15) is 0 Å². The van der Waals surface area contributed by atoms with Gasteiger partial charge in [-0.05, 0) is 12.1 Å². The maximum atomic E-state index is 11.9. The van der Waals surface area contributed by atoms with Crippen LogP contribution in [0.4, 0.5) is 10.5 Å². The lowest BCUT2D eigenvalue weighted by Gasteiger charge is -2.32. The van der Waals surface area contributed by atoms with Crippen molar-refractivity contribution in [1.29, 1.82) is 0 Å². The summed E-state index contributed by atoms with van der Waals surface area (Å²) in [6.45, 7) is 1.37. The first-order valence-corrected chi connectivity index (χ1v) is 6.06. The standard InChI is InChI=1S/C13H18N2O4/c1-17-10-3-4-11(12(5-10)18-2)15-7-9(6-14)8-19-13(15)16/h3-5,9H,6-8,14H2,1-2H3. The number of hydrogen-bond donors (Lipinski definition) is 1. The zero-order valence-electron chi connectivity index (χ0n) is 11.1. The summed E-state index contributed by atoms with van der Waals surface area (Å²) in [6.07, 6.45) is -0.381. The number of nitrogens with two attached hydrogens (primary N) is 1. The molecule has 1 heterocycles. The van der Waals surface area contributed by atoms with E-state index in [1.54, 1.807) is 37.3 Å². The summed E-state index contributed by atoms with van der Waals surface area (Å²) in [7, 11) is 3.13. The molecule has 6 nitrogen and oxygen atoms in total. The monoisotopic (exact) mass is 266 g/mol. The maximum absolute atomic E-state index is 11.9. The van der Waals surface area contributed by atoms with E-state index in [1.165, 1.54) is 0 Å². The van der Waals surface area contributed by atoms with E-state index in [1.807, 2.05) is 0 Å². The molecule has 6 heteroatoms. The topological polar surface area (TPSA) is 74.0 Å². The second-order valence-electron chi connectivity index (χ2n) is 4.33. The van der Waals surface area contributed by atoms with Crippen LogP contribution in [-0.2, 0) is 4.74 Å². The number of nitrogens with zero attached hydrogens (tertiary/aromatic N) is 1. The lowest BCUT2D eigenvalue weighted by atomic mass is 10.1. The van der Waals surface area contributed by atoms with E-state index in [4.69, 9.17) is 19.9 Å². The van der Waals surface area contributed by atoms with Crippen LogP contribution >= 0.6 is 0 Å². The second kappa shape index (κ2) is 5.79. The molecular weight excluding hydrogens is 248 g/mol. The number of rotatable bonds is 4. The third-order valence-electron chi connectivity index (χ3n) is 3.11. The van der Waals surface area contributed by atoms with Crippen molar-refractivity contribution >= 4 is 11.8 Å². The largest absolute Gasteiger partial charge is 0.497 e. The second-order valence-corrected chi connectivity index (χ2v) is 4.33. The third-order valence-corrected chi connectivity index (χ3v) is 3.11. The Morgan fingerprint density at radius 2 is 2.21 bits per heavy atom. The lowest BCUT2D eigenvalue weighted by Crippen LogP contribution is -2.45. The minimum atomic E-state index is -0.381. The molecule has 2 rings (SSSR count). The molecule has 1 aromatic rings. The van der Waals surface area contributed by atoms with Crippen LogP contribution in [0, 0.1) is 5.92 Å². The van der Waals surface area contributed by atoms with Gasteiger partial charge in [-0.15, -0.1) is 0 Å². The van der Waals surface area contributed by atoms with Crippen molar-refractivity contribution in [3.63, 3.8) is 0 Å². The minimum Gasteiger partial charge on any atom is -0.497 e. The number of hydrogen-bond acceptors (Lipinski definition) is 5. The number of ether oxygens (including phenoxy) is 3. The highest BCUT2D eigenvalue weighted by Gasteiger charge is 2.29. The number of anilines is 1. The fourth-order valence-corrected chi connectivity index (χ4v) is 2.00. The molecule has 0 bridgehead atoms. The molecule has 0 aromatic heterocycles. The molecule has 2 N–H and O–H groups in total. The highest BCUT2D eigenvalue weighted by molar-refractivity contribution is 5.90. The van der Waals surface area contributed by atoms with Crippen LogP contribution < -0.4 is 20.1 Å². The van der Waals surface area contributed by atoms with E-state index >= 15 is 0 Å². The minimum absolute atomic E-state index is 0.129. The zero-order chi connectivity index (χ0) is 13.8. The van der Waals surface area contributed by atoms with E-state index in [2.05, 4.69) is 0 Å². The Balaban J connectivity index is 2.31. The lowest BCUT2D eigenvalue weighted by molar-refractivity contribution is 0.117. The van der Waals surface area contributed by atoms with Crippen LogP contribution in [-0.4, -0.2) is 40.0 Å². The van der Waals surface area contributed by atoms with Crippen LogP contribution in [0.5, 0.6) is 11.5 Å². The van der Waals surface area contributed by atoms with Gasteiger partial charge in [0.1, 0.15) is 11.5 Å². The molecule has 1 saturated heterocycles. The normalized spacial score (nSPS) is 19.0. The molecule has 0 aliphatic carbocycles. The van der Waals surface area contributed by atoms with Gasteiger partial charge in [0.25, 0.3) is 0 Å². The summed E-state index contributed by atoms with van der Waals surface area (Å²) in [6, 6.07) is 5.28. The van der Waals surface area contributed by atoms with Gasteiger partial charge in [0.2, 0.25) is 0 Å². The number of methoxy groups -OCH3 is 2. The van der Waals surface area contributed by atoms with Crippen LogP contribution in [0.3, 0.4) is 0 Å². The highest BCUT2D eigenvalue weighted by Crippen LogP contribution is 2.34. The molecule has 1 unspecified atom stereocenters. The Kier molecular flexibility index (Phi) is 4.11. The summed E-state index contributed by atoms with van der Waals surface area (Å²) in [4.78, 5) is 13.4. The first kappa shape index (κ1) is 13.5. The fourth-order valence-electron chi connectivity index (χ4n) is 2.00. The molecule has 1 amide bonds. The number of carbonyl (C=O) groups is 1. The van der Waals surface area contributed by atoms with Crippen molar-refractivity contribution in [2.45, 2.75) is 0 Å². The van der Waals surface area contributed by atoms with Gasteiger partial charge in [-0.1, -0.05) is 0 Å². The molecule has 0 spiro atoms. The first-order valence-electron chi connectivity index (χ1n) is 6.06. The molecule has 0 radical (unpaired) electrons. The number of carbonyl (C=O) groups excluding carboxylic acids is 1.